The van der Waals surface area contributed by atoms with Crippen molar-refractivity contribution in [2.75, 3.05) is 13.2 Å². The Hall–Kier alpha value is -2.24. The first-order valence-electron chi connectivity index (χ1n) is 7.24. The topological polar surface area (TPSA) is 71.1 Å². The number of ether oxygens (including phenoxy) is 4. The lowest BCUT2D eigenvalue weighted by molar-refractivity contribution is -0.151. The van der Waals surface area contributed by atoms with Crippen molar-refractivity contribution in [3.8, 4) is 11.5 Å². The fraction of sp³-hybridized carbons (Fsp3) is 0.500. The average molecular weight is 310 g/mol. The molecule has 0 fully saturated rings. The molecule has 0 aliphatic carbocycles. The normalized spacial score (nSPS) is 12.9. The van der Waals surface area contributed by atoms with Gasteiger partial charge >= 0.3 is 11.9 Å². The molecule has 1 aromatic rings. The van der Waals surface area contributed by atoms with Crippen molar-refractivity contribution in [1.29, 1.82) is 0 Å². The van der Waals surface area contributed by atoms with Crippen LogP contribution in [0.15, 0.2) is 24.3 Å². The highest BCUT2D eigenvalue weighted by Crippen LogP contribution is 2.22. The lowest BCUT2D eigenvalue weighted by Gasteiger charge is -2.16. The van der Waals surface area contributed by atoms with E-state index in [-0.39, 0.29) is 0 Å². The van der Waals surface area contributed by atoms with E-state index >= 15 is 0 Å². The van der Waals surface area contributed by atoms with Gasteiger partial charge in [0.1, 0.15) is 11.5 Å². The monoisotopic (exact) mass is 310 g/mol. The molecule has 0 aliphatic rings. The highest BCUT2D eigenvalue weighted by molar-refractivity contribution is 5.75. The molecule has 0 unspecified atom stereocenters. The third-order valence-electron chi connectivity index (χ3n) is 2.67. The molecule has 22 heavy (non-hydrogen) atoms. The highest BCUT2D eigenvalue weighted by atomic mass is 16.6. The molecule has 0 aromatic heterocycles. The van der Waals surface area contributed by atoms with Gasteiger partial charge in [-0.2, -0.15) is 0 Å². The molecule has 0 N–H and O–H groups in total. The molecular formula is C16H22O6. The second-order valence-corrected chi connectivity index (χ2v) is 4.50. The zero-order valence-electron chi connectivity index (χ0n) is 13.3. The van der Waals surface area contributed by atoms with Crippen molar-refractivity contribution in [2.24, 2.45) is 0 Å². The summed E-state index contributed by atoms with van der Waals surface area (Å²) < 4.78 is 20.7. The van der Waals surface area contributed by atoms with Crippen molar-refractivity contribution in [2.45, 2.75) is 39.9 Å². The van der Waals surface area contributed by atoms with Crippen LogP contribution in [-0.2, 0) is 19.1 Å². The molecule has 0 heterocycles. The summed E-state index contributed by atoms with van der Waals surface area (Å²) >= 11 is 0. The molecule has 0 aliphatic heterocycles. The zero-order valence-corrected chi connectivity index (χ0v) is 13.3. The second-order valence-electron chi connectivity index (χ2n) is 4.50. The molecule has 6 heteroatoms. The Morgan fingerprint density at radius 2 is 1.32 bits per heavy atom. The summed E-state index contributed by atoms with van der Waals surface area (Å²) in [4.78, 5) is 23.1. The van der Waals surface area contributed by atoms with E-state index in [4.69, 9.17) is 18.9 Å². The summed E-state index contributed by atoms with van der Waals surface area (Å²) in [5, 5.41) is 0. The molecule has 0 radical (unpaired) electrons. The summed E-state index contributed by atoms with van der Waals surface area (Å²) in [5.74, 6) is 0.0330. The summed E-state index contributed by atoms with van der Waals surface area (Å²) in [7, 11) is 0. The van der Waals surface area contributed by atoms with Crippen molar-refractivity contribution in [1.82, 2.24) is 0 Å². The molecule has 122 valence electrons. The maximum Gasteiger partial charge on any atom is 0.347 e. The third kappa shape index (κ3) is 5.63. The largest absolute Gasteiger partial charge is 0.479 e. The Labute approximate surface area is 130 Å². The number of carbonyl (C=O) groups is 2. The summed E-state index contributed by atoms with van der Waals surface area (Å²) in [6.07, 6.45) is -1.45. The number of benzene rings is 1. The Morgan fingerprint density at radius 1 is 0.909 bits per heavy atom. The van der Waals surface area contributed by atoms with Gasteiger partial charge in [-0.25, -0.2) is 9.59 Å². The van der Waals surface area contributed by atoms with Crippen LogP contribution >= 0.6 is 0 Å². The summed E-state index contributed by atoms with van der Waals surface area (Å²) in [6.45, 7) is 7.27. The van der Waals surface area contributed by atoms with E-state index in [1.165, 1.54) is 0 Å². The van der Waals surface area contributed by atoms with Crippen molar-refractivity contribution < 1.29 is 28.5 Å². The minimum atomic E-state index is -0.724. The number of rotatable bonds is 8. The van der Waals surface area contributed by atoms with E-state index in [9.17, 15) is 9.59 Å². The van der Waals surface area contributed by atoms with Crippen LogP contribution in [-0.4, -0.2) is 37.4 Å². The number of hydrogen-bond donors (Lipinski definition) is 0. The molecule has 6 nitrogen and oxygen atoms in total. The van der Waals surface area contributed by atoms with Crippen LogP contribution in [0.4, 0.5) is 0 Å². The van der Waals surface area contributed by atoms with E-state index in [0.29, 0.717) is 24.7 Å². The van der Waals surface area contributed by atoms with E-state index in [0.717, 1.165) is 0 Å². The van der Waals surface area contributed by atoms with Gasteiger partial charge in [0, 0.05) is 6.07 Å². The van der Waals surface area contributed by atoms with Crippen LogP contribution in [0.1, 0.15) is 27.7 Å². The van der Waals surface area contributed by atoms with Gasteiger partial charge in [-0.05, 0) is 39.8 Å². The van der Waals surface area contributed by atoms with Crippen LogP contribution in [0.2, 0.25) is 0 Å². The Morgan fingerprint density at radius 3 is 1.68 bits per heavy atom. The molecule has 0 spiro atoms. The van der Waals surface area contributed by atoms with Crippen LogP contribution in [0.25, 0.3) is 0 Å². The number of hydrogen-bond acceptors (Lipinski definition) is 6. The predicted octanol–water partition coefficient (Wildman–Crippen LogP) is 2.35. The minimum absolute atomic E-state index is 0.298. The van der Waals surface area contributed by atoms with E-state index < -0.39 is 24.1 Å². The smallest absolute Gasteiger partial charge is 0.347 e. The Bertz CT molecular complexity index is 458. The van der Waals surface area contributed by atoms with Crippen molar-refractivity contribution in [3.63, 3.8) is 0 Å². The molecule has 2 atom stereocenters. The number of carbonyl (C=O) groups excluding carboxylic acids is 2. The van der Waals surface area contributed by atoms with Gasteiger partial charge in [0.2, 0.25) is 0 Å². The summed E-state index contributed by atoms with van der Waals surface area (Å²) in [5.41, 5.74) is 0. The molecule has 1 rings (SSSR count). The lowest BCUT2D eigenvalue weighted by atomic mass is 10.3. The van der Waals surface area contributed by atoms with Crippen molar-refractivity contribution >= 4 is 11.9 Å². The minimum Gasteiger partial charge on any atom is -0.479 e. The quantitative estimate of drug-likeness (QED) is 0.686. The van der Waals surface area contributed by atoms with Gasteiger partial charge < -0.3 is 18.9 Å². The van der Waals surface area contributed by atoms with Gasteiger partial charge in [-0.3, -0.25) is 0 Å². The Kier molecular flexibility index (Phi) is 7.22. The summed E-state index contributed by atoms with van der Waals surface area (Å²) in [6, 6.07) is 6.70. The molecule has 0 amide bonds. The molecule has 0 bridgehead atoms. The van der Waals surface area contributed by atoms with Crippen LogP contribution < -0.4 is 9.47 Å². The van der Waals surface area contributed by atoms with E-state index in [1.807, 2.05) is 0 Å². The van der Waals surface area contributed by atoms with Crippen LogP contribution in [0.3, 0.4) is 0 Å². The first kappa shape index (κ1) is 17.8. The first-order chi connectivity index (χ1) is 10.5. The first-order valence-corrected chi connectivity index (χ1v) is 7.24. The van der Waals surface area contributed by atoms with Gasteiger partial charge in [0.25, 0.3) is 0 Å². The van der Waals surface area contributed by atoms with Crippen LogP contribution in [0.5, 0.6) is 11.5 Å². The highest BCUT2D eigenvalue weighted by Gasteiger charge is 2.18. The molecule has 1 aromatic carbocycles. The van der Waals surface area contributed by atoms with Crippen molar-refractivity contribution in [3.05, 3.63) is 24.3 Å². The standard InChI is InChI=1S/C16H22O6/c1-5-19-15(17)11(3)21-13-8-7-9-14(10-13)22-12(4)16(18)20-6-2/h7-12H,5-6H2,1-4H3/t11-,12-/m0/s1. The lowest BCUT2D eigenvalue weighted by Crippen LogP contribution is -2.27. The van der Waals surface area contributed by atoms with Gasteiger partial charge in [-0.1, -0.05) is 6.07 Å². The molecular weight excluding hydrogens is 288 g/mol. The maximum atomic E-state index is 11.5. The van der Waals surface area contributed by atoms with Gasteiger partial charge in [0.15, 0.2) is 12.2 Å². The predicted molar refractivity (Wildman–Crippen MR) is 79.9 cm³/mol. The maximum absolute atomic E-state index is 11.5. The molecule has 0 saturated carbocycles. The SMILES string of the molecule is CCOC(=O)[C@H](C)Oc1cccc(O[C@@H](C)C(=O)OCC)c1. The fourth-order valence-electron chi connectivity index (χ4n) is 1.64. The van der Waals surface area contributed by atoms with Gasteiger partial charge in [-0.15, -0.1) is 0 Å². The average Bonchev–Trinajstić information content (AvgIpc) is 2.48. The number of esters is 2. The Balaban J connectivity index is 2.66. The fourth-order valence-corrected chi connectivity index (χ4v) is 1.64. The molecule has 0 saturated heterocycles. The van der Waals surface area contributed by atoms with E-state index in [2.05, 4.69) is 0 Å². The van der Waals surface area contributed by atoms with Gasteiger partial charge in [0.05, 0.1) is 13.2 Å². The second kappa shape index (κ2) is 8.92. The third-order valence-corrected chi connectivity index (χ3v) is 2.67. The van der Waals surface area contributed by atoms with E-state index in [1.54, 1.807) is 52.0 Å². The zero-order chi connectivity index (χ0) is 16.5. The van der Waals surface area contributed by atoms with Crippen LogP contribution in [0, 0.1) is 0 Å².